The maximum Gasteiger partial charge on any atom is 0.171 e. The van der Waals surface area contributed by atoms with Gasteiger partial charge in [-0.3, -0.25) is 0 Å². The first kappa shape index (κ1) is 19.1. The van der Waals surface area contributed by atoms with Crippen molar-refractivity contribution in [3.8, 4) is 0 Å². The molecule has 0 unspecified atom stereocenters. The van der Waals surface area contributed by atoms with Crippen LogP contribution in [-0.4, -0.2) is 37.5 Å². The Morgan fingerprint density at radius 3 is 2.38 bits per heavy atom. The summed E-state index contributed by atoms with van der Waals surface area (Å²) in [5.41, 5.74) is 2.24. The van der Waals surface area contributed by atoms with Crippen LogP contribution >= 0.6 is 23.8 Å². The van der Waals surface area contributed by atoms with Gasteiger partial charge in [0.2, 0.25) is 0 Å². The maximum atomic E-state index is 5.94. The van der Waals surface area contributed by atoms with Gasteiger partial charge in [0, 0.05) is 16.3 Å². The first-order chi connectivity index (χ1) is 12.6. The summed E-state index contributed by atoms with van der Waals surface area (Å²) in [7, 11) is 0. The van der Waals surface area contributed by atoms with Gasteiger partial charge in [-0.25, -0.2) is 0 Å². The molecular formula is C20H25ClN3OS+. The number of halogens is 1. The van der Waals surface area contributed by atoms with Gasteiger partial charge in [0.1, 0.15) is 19.1 Å². The minimum Gasteiger partial charge on any atom is -0.370 e. The van der Waals surface area contributed by atoms with E-state index in [2.05, 4.69) is 47.9 Å². The molecule has 0 amide bonds. The highest BCUT2D eigenvalue weighted by Gasteiger charge is 2.31. The monoisotopic (exact) mass is 390 g/mol. The zero-order chi connectivity index (χ0) is 18.4. The molecule has 6 heteroatoms. The van der Waals surface area contributed by atoms with Crippen molar-refractivity contribution in [2.75, 3.05) is 31.6 Å². The number of anilines is 1. The van der Waals surface area contributed by atoms with Crippen LogP contribution in [0.15, 0.2) is 54.6 Å². The number of thiocarbonyl (C=S) groups is 1. The molecule has 4 nitrogen and oxygen atoms in total. The van der Waals surface area contributed by atoms with Gasteiger partial charge in [-0.1, -0.05) is 41.9 Å². The normalized spacial score (nSPS) is 17.3. The number of rotatable bonds is 5. The number of hydrogen-bond donors (Lipinski definition) is 3. The van der Waals surface area contributed by atoms with Crippen LogP contribution < -0.4 is 15.5 Å². The van der Waals surface area contributed by atoms with Crippen molar-refractivity contribution in [1.82, 2.24) is 5.32 Å². The van der Waals surface area contributed by atoms with Crippen LogP contribution in [0.1, 0.15) is 18.5 Å². The highest BCUT2D eigenvalue weighted by molar-refractivity contribution is 7.80. The average molecular weight is 391 g/mol. The highest BCUT2D eigenvalue weighted by atomic mass is 35.5. The van der Waals surface area contributed by atoms with E-state index in [0.29, 0.717) is 16.2 Å². The highest BCUT2D eigenvalue weighted by Crippen LogP contribution is 2.16. The van der Waals surface area contributed by atoms with E-state index < -0.39 is 0 Å². The molecule has 2 aromatic carbocycles. The van der Waals surface area contributed by atoms with Crippen LogP contribution in [0.5, 0.6) is 0 Å². The quantitative estimate of drug-likeness (QED) is 0.686. The Balaban J connectivity index is 1.69. The molecule has 26 heavy (non-hydrogen) atoms. The maximum absolute atomic E-state index is 5.94. The molecule has 1 fully saturated rings. The van der Waals surface area contributed by atoms with E-state index >= 15 is 0 Å². The fourth-order valence-corrected chi connectivity index (χ4v) is 3.90. The predicted molar refractivity (Wildman–Crippen MR) is 111 cm³/mol. The smallest absolute Gasteiger partial charge is 0.171 e. The van der Waals surface area contributed by atoms with E-state index in [1.807, 2.05) is 24.3 Å². The number of quaternary nitrogens is 1. The molecule has 1 saturated heterocycles. The van der Waals surface area contributed by atoms with E-state index in [0.717, 1.165) is 32.0 Å². The van der Waals surface area contributed by atoms with E-state index in [4.69, 9.17) is 28.6 Å². The molecule has 0 spiro atoms. The van der Waals surface area contributed by atoms with Crippen molar-refractivity contribution in [3.63, 3.8) is 0 Å². The predicted octanol–water partition coefficient (Wildman–Crippen LogP) is 2.67. The topological polar surface area (TPSA) is 37.7 Å². The molecule has 3 rings (SSSR count). The first-order valence-electron chi connectivity index (χ1n) is 8.94. The van der Waals surface area contributed by atoms with E-state index in [1.54, 1.807) is 0 Å². The second kappa shape index (κ2) is 9.33. The largest absolute Gasteiger partial charge is 0.370 e. The van der Waals surface area contributed by atoms with Gasteiger partial charge in [0.05, 0.1) is 19.3 Å². The van der Waals surface area contributed by atoms with Gasteiger partial charge < -0.3 is 20.3 Å². The third-order valence-electron chi connectivity index (χ3n) is 4.69. The minimum absolute atomic E-state index is 0.179. The first-order valence-corrected chi connectivity index (χ1v) is 9.72. The summed E-state index contributed by atoms with van der Waals surface area (Å²) in [6.07, 6.45) is 0. The fourth-order valence-electron chi connectivity index (χ4n) is 3.47. The van der Waals surface area contributed by atoms with Crippen LogP contribution in [0.2, 0.25) is 5.02 Å². The number of morpholine rings is 1. The standard InChI is InChI=1S/C20H24ClN3OS/c1-15(22-20(26)23-18-9-7-17(21)8-10-18)19(16-5-3-2-4-6-16)24-11-13-25-14-12-24/h2-10,15,19H,11-14H2,1H3,(H2,22,23,26)/p+1/t15-,19+/m1/s1. The van der Waals surface area contributed by atoms with Crippen LogP contribution in [-0.2, 0) is 4.74 Å². The zero-order valence-electron chi connectivity index (χ0n) is 14.9. The molecule has 2 atom stereocenters. The third kappa shape index (κ3) is 5.17. The van der Waals surface area contributed by atoms with Crippen molar-refractivity contribution in [2.24, 2.45) is 0 Å². The van der Waals surface area contributed by atoms with Gasteiger partial charge in [0.15, 0.2) is 5.11 Å². The van der Waals surface area contributed by atoms with Crippen LogP contribution in [0.4, 0.5) is 5.69 Å². The number of nitrogens with one attached hydrogen (secondary N) is 3. The van der Waals surface area contributed by atoms with Gasteiger partial charge >= 0.3 is 0 Å². The second-order valence-corrected chi connectivity index (χ2v) is 7.40. The molecule has 0 saturated carbocycles. The summed E-state index contributed by atoms with van der Waals surface area (Å²) in [6, 6.07) is 18.7. The van der Waals surface area contributed by atoms with Crippen LogP contribution in [0.3, 0.4) is 0 Å². The molecule has 0 bridgehead atoms. The van der Waals surface area contributed by atoms with Crippen molar-refractivity contribution < 1.29 is 9.64 Å². The van der Waals surface area contributed by atoms with Crippen molar-refractivity contribution in [2.45, 2.75) is 19.0 Å². The van der Waals surface area contributed by atoms with Gasteiger partial charge in [-0.05, 0) is 43.4 Å². The Hall–Kier alpha value is -1.66. The lowest BCUT2D eigenvalue weighted by molar-refractivity contribution is -0.940. The molecule has 1 heterocycles. The summed E-state index contributed by atoms with van der Waals surface area (Å²) < 4.78 is 5.55. The van der Waals surface area contributed by atoms with Gasteiger partial charge in [-0.15, -0.1) is 0 Å². The lowest BCUT2D eigenvalue weighted by Crippen LogP contribution is -3.15. The summed E-state index contributed by atoms with van der Waals surface area (Å²) in [4.78, 5) is 1.52. The zero-order valence-corrected chi connectivity index (χ0v) is 16.4. The molecule has 1 aliphatic heterocycles. The Morgan fingerprint density at radius 1 is 1.08 bits per heavy atom. The number of ether oxygens (including phenoxy) is 1. The average Bonchev–Trinajstić information content (AvgIpc) is 2.65. The van der Waals surface area contributed by atoms with Gasteiger partial charge in [0.25, 0.3) is 0 Å². The molecule has 0 radical (unpaired) electrons. The summed E-state index contributed by atoms with van der Waals surface area (Å²) in [6.45, 7) is 5.81. The van der Waals surface area contributed by atoms with Gasteiger partial charge in [-0.2, -0.15) is 0 Å². The molecule has 2 aromatic rings. The minimum atomic E-state index is 0.179. The molecule has 0 aliphatic carbocycles. The SMILES string of the molecule is C[C@@H](NC(=S)Nc1ccc(Cl)cc1)[C@@H](c1ccccc1)[NH+]1CCOCC1. The van der Waals surface area contributed by atoms with E-state index in [1.165, 1.54) is 10.5 Å². The van der Waals surface area contributed by atoms with Crippen LogP contribution in [0, 0.1) is 0 Å². The van der Waals surface area contributed by atoms with Crippen LogP contribution in [0.25, 0.3) is 0 Å². The second-order valence-electron chi connectivity index (χ2n) is 6.55. The lowest BCUT2D eigenvalue weighted by atomic mass is 9.98. The Kier molecular flexibility index (Phi) is 6.86. The molecule has 0 aromatic heterocycles. The van der Waals surface area contributed by atoms with Crippen molar-refractivity contribution >= 4 is 34.6 Å². The van der Waals surface area contributed by atoms with E-state index in [-0.39, 0.29) is 6.04 Å². The third-order valence-corrected chi connectivity index (χ3v) is 5.17. The number of benzene rings is 2. The Labute approximate surface area is 165 Å². The summed E-state index contributed by atoms with van der Waals surface area (Å²) >= 11 is 11.5. The summed E-state index contributed by atoms with van der Waals surface area (Å²) in [5, 5.41) is 8.03. The molecule has 1 aliphatic rings. The number of hydrogen-bond acceptors (Lipinski definition) is 2. The molecule has 3 N–H and O–H groups in total. The fraction of sp³-hybridized carbons (Fsp3) is 0.350. The lowest BCUT2D eigenvalue weighted by Gasteiger charge is -2.35. The van der Waals surface area contributed by atoms with Crippen molar-refractivity contribution in [1.29, 1.82) is 0 Å². The Morgan fingerprint density at radius 2 is 1.73 bits per heavy atom. The Bertz CT molecular complexity index is 705. The molecule has 138 valence electrons. The van der Waals surface area contributed by atoms with E-state index in [9.17, 15) is 0 Å². The molecular weight excluding hydrogens is 366 g/mol. The van der Waals surface area contributed by atoms with Crippen molar-refractivity contribution in [3.05, 3.63) is 65.2 Å². The summed E-state index contributed by atoms with van der Waals surface area (Å²) in [5.74, 6) is 0.